The molecule has 2 heteroatoms. The normalized spacial score (nSPS) is 15.2. The molecule has 1 heterocycles. The molecule has 130 valence electrons. The summed E-state index contributed by atoms with van der Waals surface area (Å²) in [4.78, 5) is 2.39. The molecule has 0 aromatic heterocycles. The second-order valence-corrected chi connectivity index (χ2v) is 7.10. The number of anilines is 2. The predicted molar refractivity (Wildman–Crippen MR) is 114 cm³/mol. The van der Waals surface area contributed by atoms with Gasteiger partial charge in [-0.3, -0.25) is 0 Å². The van der Waals surface area contributed by atoms with Gasteiger partial charge in [0.1, 0.15) is 0 Å². The monoisotopic (exact) mass is 349 g/mol. The lowest BCUT2D eigenvalue weighted by Crippen LogP contribution is -2.12. The number of rotatable bonds is 6. The molecule has 25 heavy (non-hydrogen) atoms. The molecule has 2 aromatic rings. The summed E-state index contributed by atoms with van der Waals surface area (Å²) in [6.45, 7) is 8.91. The van der Waals surface area contributed by atoms with Crippen molar-refractivity contribution in [3.8, 4) is 0 Å². The van der Waals surface area contributed by atoms with Gasteiger partial charge in [0.15, 0.2) is 0 Å². The minimum Gasteiger partial charge on any atom is -0.331 e. The Morgan fingerprint density at radius 1 is 1.16 bits per heavy atom. The van der Waals surface area contributed by atoms with E-state index < -0.39 is 0 Å². The molecule has 0 radical (unpaired) electrons. The molecule has 0 saturated heterocycles. The van der Waals surface area contributed by atoms with E-state index in [4.69, 9.17) is 0 Å². The van der Waals surface area contributed by atoms with Crippen LogP contribution in [-0.4, -0.2) is 6.04 Å². The summed E-state index contributed by atoms with van der Waals surface area (Å²) in [7, 11) is 0. The van der Waals surface area contributed by atoms with Crippen LogP contribution in [0, 0.1) is 6.92 Å². The van der Waals surface area contributed by atoms with E-state index in [2.05, 4.69) is 99.8 Å². The van der Waals surface area contributed by atoms with Gasteiger partial charge < -0.3 is 4.90 Å². The van der Waals surface area contributed by atoms with E-state index in [1.54, 1.807) is 0 Å². The molecule has 3 rings (SSSR count). The Bertz CT molecular complexity index is 832. The summed E-state index contributed by atoms with van der Waals surface area (Å²) in [5.41, 5.74) is 9.47. The highest BCUT2D eigenvalue weighted by Gasteiger charge is 2.31. The van der Waals surface area contributed by atoms with Gasteiger partial charge in [0, 0.05) is 11.8 Å². The third-order valence-corrected chi connectivity index (χ3v) is 5.39. The van der Waals surface area contributed by atoms with E-state index in [1.807, 2.05) is 0 Å². The number of fused-ring (bicyclic) bond motifs is 1. The molecule has 2 aromatic carbocycles. The summed E-state index contributed by atoms with van der Waals surface area (Å²) in [5.74, 6) is 0.795. The molecule has 0 amide bonds. The summed E-state index contributed by atoms with van der Waals surface area (Å²) in [6.07, 6.45) is 5.64. The standard InChI is InChI=1S/C23H27NS/c1-5-20(21-9-7-6-8-16(21)2)17(3)10-11-18(4)24-22-13-12-19(15-25)14-23(22)24/h6-14,18,25H,5,15H2,1-4H3/b11-10-,20-17+. The van der Waals surface area contributed by atoms with E-state index >= 15 is 0 Å². The topological polar surface area (TPSA) is 3.01 Å². The Morgan fingerprint density at radius 2 is 1.92 bits per heavy atom. The van der Waals surface area contributed by atoms with Crippen molar-refractivity contribution in [2.24, 2.45) is 0 Å². The van der Waals surface area contributed by atoms with Crippen LogP contribution in [0.25, 0.3) is 5.57 Å². The van der Waals surface area contributed by atoms with Crippen molar-refractivity contribution in [1.82, 2.24) is 0 Å². The van der Waals surface area contributed by atoms with Gasteiger partial charge in [-0.05, 0) is 67.2 Å². The van der Waals surface area contributed by atoms with Gasteiger partial charge in [-0.1, -0.05) is 49.4 Å². The van der Waals surface area contributed by atoms with Crippen molar-refractivity contribution < 1.29 is 0 Å². The van der Waals surface area contributed by atoms with Crippen LogP contribution in [0.3, 0.4) is 0 Å². The smallest absolute Gasteiger partial charge is 0.0661 e. The van der Waals surface area contributed by atoms with Gasteiger partial charge in [0.25, 0.3) is 0 Å². The second-order valence-electron chi connectivity index (χ2n) is 6.78. The van der Waals surface area contributed by atoms with Gasteiger partial charge in [-0.25, -0.2) is 0 Å². The highest BCUT2D eigenvalue weighted by atomic mass is 32.1. The lowest BCUT2D eigenvalue weighted by atomic mass is 9.94. The van der Waals surface area contributed by atoms with E-state index in [9.17, 15) is 0 Å². The zero-order chi connectivity index (χ0) is 18.0. The van der Waals surface area contributed by atoms with E-state index in [0.29, 0.717) is 6.04 Å². The minimum atomic E-state index is 0.370. The van der Waals surface area contributed by atoms with Gasteiger partial charge in [-0.2, -0.15) is 12.6 Å². The number of benzene rings is 2. The molecule has 0 saturated carbocycles. The van der Waals surface area contributed by atoms with Crippen LogP contribution in [-0.2, 0) is 5.75 Å². The van der Waals surface area contributed by atoms with Crippen LogP contribution in [0.1, 0.15) is 43.9 Å². The summed E-state index contributed by atoms with van der Waals surface area (Å²) in [5, 5.41) is 0. The molecule has 0 bridgehead atoms. The average molecular weight is 350 g/mol. The molecule has 1 atom stereocenters. The number of aryl methyl sites for hydroxylation is 1. The second kappa shape index (κ2) is 7.53. The predicted octanol–water partition coefficient (Wildman–Crippen LogP) is 6.70. The summed E-state index contributed by atoms with van der Waals surface area (Å²) in [6, 6.07) is 15.7. The van der Waals surface area contributed by atoms with E-state index in [0.717, 1.165) is 12.2 Å². The van der Waals surface area contributed by atoms with Crippen LogP contribution >= 0.6 is 12.6 Å². The average Bonchev–Trinajstić information content (AvgIpc) is 3.35. The molecule has 1 aliphatic rings. The van der Waals surface area contributed by atoms with Crippen molar-refractivity contribution in [2.45, 2.75) is 45.9 Å². The lowest BCUT2D eigenvalue weighted by Gasteiger charge is -2.13. The van der Waals surface area contributed by atoms with Gasteiger partial charge >= 0.3 is 0 Å². The maximum atomic E-state index is 4.37. The van der Waals surface area contributed by atoms with E-state index in [1.165, 1.54) is 39.2 Å². The fourth-order valence-electron chi connectivity index (χ4n) is 3.52. The molecule has 0 aliphatic carbocycles. The van der Waals surface area contributed by atoms with Crippen LogP contribution in [0.4, 0.5) is 11.4 Å². The fraction of sp³-hybridized carbons (Fsp3) is 0.304. The van der Waals surface area contributed by atoms with E-state index in [-0.39, 0.29) is 0 Å². The van der Waals surface area contributed by atoms with Crippen LogP contribution in [0.15, 0.2) is 60.2 Å². The van der Waals surface area contributed by atoms with Gasteiger partial charge in [-0.15, -0.1) is 0 Å². The van der Waals surface area contributed by atoms with Gasteiger partial charge in [0.2, 0.25) is 0 Å². The third kappa shape index (κ3) is 3.69. The minimum absolute atomic E-state index is 0.370. The summed E-state index contributed by atoms with van der Waals surface area (Å²) >= 11 is 4.37. The molecular weight excluding hydrogens is 322 g/mol. The Balaban J connectivity index is 1.77. The molecule has 0 fully saturated rings. The maximum Gasteiger partial charge on any atom is 0.0661 e. The van der Waals surface area contributed by atoms with Crippen molar-refractivity contribution in [2.75, 3.05) is 4.90 Å². The Morgan fingerprint density at radius 3 is 2.60 bits per heavy atom. The number of thiol groups is 1. The number of nitrogens with zero attached hydrogens (tertiary/aromatic N) is 1. The Hall–Kier alpha value is -1.93. The first-order chi connectivity index (χ1) is 12.1. The SMILES string of the molecule is CC/C(=C(C)\C=C/C(C)N1c2ccc(CS)cc21)c1ccccc1C. The molecule has 0 N–H and O–H groups in total. The fourth-order valence-corrected chi connectivity index (χ4v) is 3.72. The molecular formula is C23H27NS. The number of allylic oxidation sites excluding steroid dienone is 3. The lowest BCUT2D eigenvalue weighted by molar-refractivity contribution is 0.927. The van der Waals surface area contributed by atoms with Crippen molar-refractivity contribution in [3.05, 3.63) is 76.9 Å². The Kier molecular flexibility index (Phi) is 5.39. The first kappa shape index (κ1) is 17.9. The number of hydrogen-bond donors (Lipinski definition) is 1. The molecule has 1 aliphatic heterocycles. The highest BCUT2D eigenvalue weighted by molar-refractivity contribution is 7.79. The molecule has 0 spiro atoms. The van der Waals surface area contributed by atoms with Crippen molar-refractivity contribution in [3.63, 3.8) is 0 Å². The zero-order valence-corrected chi connectivity index (χ0v) is 16.5. The van der Waals surface area contributed by atoms with Crippen LogP contribution in [0.5, 0.6) is 0 Å². The van der Waals surface area contributed by atoms with Crippen molar-refractivity contribution >= 4 is 29.6 Å². The quantitative estimate of drug-likeness (QED) is 0.345. The first-order valence-electron chi connectivity index (χ1n) is 9.03. The zero-order valence-electron chi connectivity index (χ0n) is 15.6. The third-order valence-electron chi connectivity index (χ3n) is 5.02. The first-order valence-corrected chi connectivity index (χ1v) is 9.67. The van der Waals surface area contributed by atoms with Crippen LogP contribution < -0.4 is 4.90 Å². The Labute approximate surface area is 157 Å². The maximum absolute atomic E-state index is 4.37. The number of hydrogen-bond acceptors (Lipinski definition) is 2. The summed E-state index contributed by atoms with van der Waals surface area (Å²) < 4.78 is 0. The molecule has 1 unspecified atom stereocenters. The highest BCUT2D eigenvalue weighted by Crippen LogP contribution is 2.50. The van der Waals surface area contributed by atoms with Gasteiger partial charge in [0.05, 0.1) is 11.4 Å². The molecule has 1 nitrogen and oxygen atoms in total. The largest absolute Gasteiger partial charge is 0.331 e. The van der Waals surface area contributed by atoms with Crippen LogP contribution in [0.2, 0.25) is 0 Å². The van der Waals surface area contributed by atoms with Crippen molar-refractivity contribution in [1.29, 1.82) is 0 Å².